The Balaban J connectivity index is 0.000000215. The van der Waals surface area contributed by atoms with Crippen LogP contribution in [-0.4, -0.2) is 7.05 Å². The molecule has 0 bridgehead atoms. The van der Waals surface area contributed by atoms with Crippen LogP contribution < -0.4 is 5.73 Å². The Bertz CT molecular complexity index is 2600. The fraction of sp³-hybridized carbons (Fsp3) is 0.177. The van der Waals surface area contributed by atoms with E-state index in [1.807, 2.05) is 38.2 Å². The fourth-order valence-electron chi connectivity index (χ4n) is 7.94. The molecule has 0 atom stereocenters. The first kappa shape index (κ1) is 48.9. The molecule has 6 aromatic carbocycles. The molecule has 0 aliphatic heterocycles. The van der Waals surface area contributed by atoms with Crippen molar-refractivity contribution in [2.75, 3.05) is 7.05 Å². The van der Waals surface area contributed by atoms with Gasteiger partial charge in [-0.05, 0) is 161 Å². The van der Waals surface area contributed by atoms with Crippen molar-refractivity contribution in [1.82, 2.24) is 0 Å². The molecule has 1 nitrogen and oxygen atoms in total. The number of aryl methyl sites for hydroxylation is 2. The highest BCUT2D eigenvalue weighted by Gasteiger charge is 2.18. The molecule has 320 valence electrons. The van der Waals surface area contributed by atoms with Gasteiger partial charge in [0.2, 0.25) is 0 Å². The van der Waals surface area contributed by atoms with Gasteiger partial charge < -0.3 is 5.73 Å². The lowest BCUT2D eigenvalue weighted by Crippen LogP contribution is -1.93. The summed E-state index contributed by atoms with van der Waals surface area (Å²) >= 11 is 0. The van der Waals surface area contributed by atoms with Crippen LogP contribution in [0.15, 0.2) is 236 Å². The van der Waals surface area contributed by atoms with Crippen molar-refractivity contribution in [2.24, 2.45) is 5.73 Å². The minimum atomic E-state index is 1.03. The van der Waals surface area contributed by atoms with Gasteiger partial charge in [0.1, 0.15) is 0 Å². The second-order valence-electron chi connectivity index (χ2n) is 14.8. The molecule has 0 amide bonds. The second kappa shape index (κ2) is 27.2. The molecule has 2 aliphatic carbocycles. The summed E-state index contributed by atoms with van der Waals surface area (Å²) in [6.45, 7) is 17.6. The second-order valence-corrected chi connectivity index (χ2v) is 14.8. The molecule has 0 saturated heterocycles. The fourth-order valence-corrected chi connectivity index (χ4v) is 7.94. The minimum absolute atomic E-state index is 1.03. The number of allylic oxidation sites excluding steroid dienone is 16. The van der Waals surface area contributed by atoms with Gasteiger partial charge in [0, 0.05) is 0 Å². The molecule has 0 fully saturated rings. The van der Waals surface area contributed by atoms with Crippen LogP contribution in [0.25, 0.3) is 38.2 Å². The predicted octanol–water partition coefficient (Wildman–Crippen LogP) is 16.8. The Morgan fingerprint density at radius 3 is 1.92 bits per heavy atom. The minimum Gasteiger partial charge on any atom is -0.333 e. The van der Waals surface area contributed by atoms with Gasteiger partial charge in [0.25, 0.3) is 0 Å². The van der Waals surface area contributed by atoms with Crippen molar-refractivity contribution < 1.29 is 0 Å². The van der Waals surface area contributed by atoms with E-state index in [2.05, 4.69) is 215 Å². The predicted molar refractivity (Wildman–Crippen MR) is 281 cm³/mol. The van der Waals surface area contributed by atoms with Gasteiger partial charge in [0.05, 0.1) is 0 Å². The van der Waals surface area contributed by atoms with Crippen molar-refractivity contribution in [3.05, 3.63) is 264 Å². The molecule has 0 saturated carbocycles. The number of nitrogens with two attached hydrogens (primary N) is 1. The lowest BCUT2D eigenvalue weighted by atomic mass is 9.92. The summed E-state index contributed by atoms with van der Waals surface area (Å²) in [5.74, 6) is 0. The monoisotopic (exact) mass is 826 g/mol. The molecule has 0 spiro atoms. The molecule has 1 heteroatoms. The molecule has 2 N–H and O–H groups in total. The normalized spacial score (nSPS) is 14.2. The van der Waals surface area contributed by atoms with Gasteiger partial charge in [-0.25, -0.2) is 0 Å². The van der Waals surface area contributed by atoms with Crippen LogP contribution >= 0.6 is 0 Å². The van der Waals surface area contributed by atoms with Gasteiger partial charge in [0.15, 0.2) is 0 Å². The van der Waals surface area contributed by atoms with Crippen molar-refractivity contribution in [1.29, 1.82) is 0 Å². The summed E-state index contributed by atoms with van der Waals surface area (Å²) in [6, 6.07) is 45.9. The summed E-state index contributed by atoms with van der Waals surface area (Å²) in [7, 11) is 1.50. The van der Waals surface area contributed by atoms with Gasteiger partial charge in [-0.2, -0.15) is 0 Å². The van der Waals surface area contributed by atoms with E-state index in [0.717, 1.165) is 37.7 Å². The van der Waals surface area contributed by atoms with Gasteiger partial charge in [-0.3, -0.25) is 0 Å². The molecule has 0 heterocycles. The zero-order chi connectivity index (χ0) is 45.2. The Hall–Kier alpha value is -6.76. The number of fused-ring (bicyclic) bond motifs is 2. The van der Waals surface area contributed by atoms with E-state index in [9.17, 15) is 0 Å². The lowest BCUT2D eigenvalue weighted by Gasteiger charge is -2.12. The van der Waals surface area contributed by atoms with Gasteiger partial charge in [-0.1, -0.05) is 209 Å². The van der Waals surface area contributed by atoms with Crippen LogP contribution in [0.1, 0.15) is 75.3 Å². The van der Waals surface area contributed by atoms with E-state index in [4.69, 9.17) is 0 Å². The SMILES string of the molecule is C/C=C\C(=C/C)c1cc2c3c(cc4cc(-c5ccccc5)ccc4c3c1)CC2.C=C=C\C=C/C(=C\C=C)/C=C1\CCC=C\C1=C\C.CC.CN.c1ccc(Cc2ccccc2)cc1. The standard InChI is InChI=1S/C28H24.C18H20.C13H12.C2H6.CH5N/c1-3-8-19(4-2)24-16-22-11-12-23-17-25-15-21(20-9-6-5-7-10-20)13-14-26(25)27(18-24)28(22)23;1-4-7-8-12-16(11-5-2)15-18-14-10-9-13-17(18)6-3;1-3-7-12(8-4-1)11-13-9-5-2-6-10-13;2*1-2/h3-10,13-18H,11-12H2,1-2H3;5-9,11-13,15H,1-2,10,14H2,3H3;1-10H,11H2;1-2H3;2H2,1H3/b8-3-,19-4+;12-8-,16-11+,17-6-,18-15+;;;. The van der Waals surface area contributed by atoms with E-state index < -0.39 is 0 Å². The van der Waals surface area contributed by atoms with Crippen molar-refractivity contribution in [3.63, 3.8) is 0 Å². The summed E-state index contributed by atoms with van der Waals surface area (Å²) in [5, 5.41) is 5.60. The molecule has 0 unspecified atom stereocenters. The lowest BCUT2D eigenvalue weighted by molar-refractivity contribution is 0.965. The Kier molecular flexibility index (Phi) is 21.1. The maximum absolute atomic E-state index is 4.50. The molecule has 0 radical (unpaired) electrons. The highest BCUT2D eigenvalue weighted by molar-refractivity contribution is 6.12. The average molecular weight is 826 g/mol. The highest BCUT2D eigenvalue weighted by atomic mass is 14.4. The van der Waals surface area contributed by atoms with Crippen molar-refractivity contribution >= 4 is 27.1 Å². The highest BCUT2D eigenvalue weighted by Crippen LogP contribution is 2.39. The maximum atomic E-state index is 4.50. The van der Waals surface area contributed by atoms with Crippen LogP contribution in [-0.2, 0) is 19.3 Å². The van der Waals surface area contributed by atoms with Gasteiger partial charge in [-0.15, -0.1) is 5.73 Å². The van der Waals surface area contributed by atoms with Crippen LogP contribution in [0.4, 0.5) is 0 Å². The molecule has 0 aromatic heterocycles. The first-order chi connectivity index (χ1) is 31.0. The van der Waals surface area contributed by atoms with E-state index in [1.54, 1.807) is 6.08 Å². The third-order valence-electron chi connectivity index (χ3n) is 10.8. The number of benzene rings is 6. The largest absolute Gasteiger partial charge is 0.333 e. The number of rotatable bonds is 9. The molecule has 2 aliphatic rings. The summed E-state index contributed by atoms with van der Waals surface area (Å²) in [6.07, 6.45) is 30.4. The first-order valence-electron chi connectivity index (χ1n) is 22.5. The van der Waals surface area contributed by atoms with Crippen molar-refractivity contribution in [2.45, 2.75) is 66.7 Å². The van der Waals surface area contributed by atoms with Crippen LogP contribution in [0.2, 0.25) is 0 Å². The third kappa shape index (κ3) is 14.1. The van der Waals surface area contributed by atoms with Crippen LogP contribution in [0.3, 0.4) is 0 Å². The van der Waals surface area contributed by atoms with E-state index >= 15 is 0 Å². The molecular weight excluding hydrogens is 759 g/mol. The summed E-state index contributed by atoms with van der Waals surface area (Å²) < 4.78 is 0. The third-order valence-corrected chi connectivity index (χ3v) is 10.8. The Morgan fingerprint density at radius 2 is 1.33 bits per heavy atom. The first-order valence-corrected chi connectivity index (χ1v) is 22.5. The summed E-state index contributed by atoms with van der Waals surface area (Å²) in [5.41, 5.74) is 22.0. The van der Waals surface area contributed by atoms with Crippen LogP contribution in [0.5, 0.6) is 0 Å². The average Bonchev–Trinajstić information content (AvgIpc) is 3.76. The van der Waals surface area contributed by atoms with Gasteiger partial charge >= 0.3 is 0 Å². The number of hydrogen-bond acceptors (Lipinski definition) is 1. The Labute approximate surface area is 379 Å². The van der Waals surface area contributed by atoms with E-state index in [1.165, 1.54) is 84.3 Å². The van der Waals surface area contributed by atoms with E-state index in [0.29, 0.717) is 0 Å². The quantitative estimate of drug-likeness (QED) is 0.0877. The molecule has 6 aromatic rings. The smallest absolute Gasteiger partial charge is 0.00258 e. The van der Waals surface area contributed by atoms with E-state index in [-0.39, 0.29) is 0 Å². The number of hydrogen-bond donors (Lipinski definition) is 1. The molecule has 8 rings (SSSR count). The molecule has 63 heavy (non-hydrogen) atoms. The topological polar surface area (TPSA) is 26.0 Å². The zero-order valence-electron chi connectivity index (χ0n) is 38.6. The molecular formula is C62H67N. The maximum Gasteiger partial charge on any atom is -0.00258 e. The van der Waals surface area contributed by atoms with Crippen LogP contribution in [0, 0.1) is 0 Å². The van der Waals surface area contributed by atoms with Crippen molar-refractivity contribution in [3.8, 4) is 11.1 Å². The Morgan fingerprint density at radius 1 is 0.698 bits per heavy atom. The zero-order valence-corrected chi connectivity index (χ0v) is 38.6. The summed E-state index contributed by atoms with van der Waals surface area (Å²) in [4.78, 5) is 0.